The fraction of sp³-hybridized carbons (Fsp3) is 0.273. The SMILES string of the molecule is Cc1cccc(N=C2NC(=O)/C(=C/c3ccc(N4CCOCC4)c(F)c3)S2)c1C. The zero-order valence-corrected chi connectivity index (χ0v) is 17.2. The van der Waals surface area contributed by atoms with Crippen LogP contribution >= 0.6 is 11.8 Å². The predicted octanol–water partition coefficient (Wildman–Crippen LogP) is 4.17. The highest BCUT2D eigenvalue weighted by atomic mass is 32.2. The molecule has 4 rings (SSSR count). The van der Waals surface area contributed by atoms with E-state index in [0.29, 0.717) is 47.6 Å². The molecule has 0 atom stereocenters. The van der Waals surface area contributed by atoms with Crippen LogP contribution in [-0.4, -0.2) is 37.4 Å². The van der Waals surface area contributed by atoms with Crippen molar-refractivity contribution in [3.63, 3.8) is 0 Å². The Hall–Kier alpha value is -2.64. The van der Waals surface area contributed by atoms with Gasteiger partial charge in [-0.25, -0.2) is 9.38 Å². The van der Waals surface area contributed by atoms with Gasteiger partial charge in [-0.15, -0.1) is 0 Å². The highest BCUT2D eigenvalue weighted by Crippen LogP contribution is 2.30. The van der Waals surface area contributed by atoms with Gasteiger partial charge in [-0.2, -0.15) is 0 Å². The third-order valence-corrected chi connectivity index (χ3v) is 5.98. The molecule has 1 amide bonds. The minimum Gasteiger partial charge on any atom is -0.378 e. The lowest BCUT2D eigenvalue weighted by Gasteiger charge is -2.29. The number of aryl methyl sites for hydroxylation is 1. The normalized spacial score (nSPS) is 19.8. The Balaban J connectivity index is 1.54. The first-order valence-corrected chi connectivity index (χ1v) is 10.3. The first-order chi connectivity index (χ1) is 14.0. The van der Waals surface area contributed by atoms with Crippen molar-refractivity contribution in [2.75, 3.05) is 31.2 Å². The third kappa shape index (κ3) is 4.36. The topological polar surface area (TPSA) is 53.9 Å². The molecular formula is C22H22FN3O2S. The first-order valence-electron chi connectivity index (χ1n) is 9.49. The summed E-state index contributed by atoms with van der Waals surface area (Å²) in [7, 11) is 0. The van der Waals surface area contributed by atoms with Gasteiger partial charge >= 0.3 is 0 Å². The van der Waals surface area contributed by atoms with Gasteiger partial charge in [0, 0.05) is 13.1 Å². The molecule has 0 spiro atoms. The number of carbonyl (C=O) groups is 1. The number of anilines is 1. The fourth-order valence-corrected chi connectivity index (χ4v) is 4.11. The number of amidine groups is 1. The average Bonchev–Trinajstić information content (AvgIpc) is 3.05. The van der Waals surface area contributed by atoms with Crippen LogP contribution in [-0.2, 0) is 9.53 Å². The molecule has 0 aromatic heterocycles. The van der Waals surface area contributed by atoms with Crippen LogP contribution in [0.15, 0.2) is 46.3 Å². The Kier molecular flexibility index (Phi) is 5.69. The second kappa shape index (κ2) is 8.39. The summed E-state index contributed by atoms with van der Waals surface area (Å²) in [4.78, 5) is 19.4. The van der Waals surface area contributed by atoms with Crippen LogP contribution in [0.4, 0.5) is 15.8 Å². The van der Waals surface area contributed by atoms with E-state index < -0.39 is 0 Å². The molecule has 1 N–H and O–H groups in total. The van der Waals surface area contributed by atoms with Crippen molar-refractivity contribution >= 4 is 40.3 Å². The first kappa shape index (κ1) is 19.7. The van der Waals surface area contributed by atoms with Crippen molar-refractivity contribution in [2.45, 2.75) is 13.8 Å². The smallest absolute Gasteiger partial charge is 0.264 e. The van der Waals surface area contributed by atoms with Crippen LogP contribution in [0.2, 0.25) is 0 Å². The summed E-state index contributed by atoms with van der Waals surface area (Å²) >= 11 is 1.26. The van der Waals surface area contributed by atoms with E-state index in [9.17, 15) is 9.18 Å². The van der Waals surface area contributed by atoms with Gasteiger partial charge in [0.1, 0.15) is 5.82 Å². The Bertz CT molecular complexity index is 1010. The molecule has 5 nitrogen and oxygen atoms in total. The Morgan fingerprint density at radius 3 is 2.76 bits per heavy atom. The molecule has 2 aliphatic rings. The van der Waals surface area contributed by atoms with E-state index in [-0.39, 0.29) is 11.7 Å². The van der Waals surface area contributed by atoms with Crippen molar-refractivity contribution < 1.29 is 13.9 Å². The highest BCUT2D eigenvalue weighted by molar-refractivity contribution is 8.18. The summed E-state index contributed by atoms with van der Waals surface area (Å²) in [6, 6.07) is 10.9. The van der Waals surface area contributed by atoms with E-state index in [1.165, 1.54) is 17.8 Å². The standard InChI is InChI=1S/C22H22FN3O2S/c1-14-4-3-5-18(15(14)2)24-22-25-21(27)20(29-22)13-16-6-7-19(17(23)12-16)26-8-10-28-11-9-26/h3-7,12-13H,8-11H2,1-2H3,(H,24,25,27)/b20-13-. The molecule has 0 aliphatic carbocycles. The summed E-state index contributed by atoms with van der Waals surface area (Å²) < 4.78 is 19.9. The number of thioether (sulfide) groups is 1. The van der Waals surface area contributed by atoms with Crippen molar-refractivity contribution in [3.8, 4) is 0 Å². The van der Waals surface area contributed by atoms with Gasteiger partial charge in [0.15, 0.2) is 5.17 Å². The largest absolute Gasteiger partial charge is 0.378 e. The van der Waals surface area contributed by atoms with E-state index in [1.54, 1.807) is 12.1 Å². The van der Waals surface area contributed by atoms with Gasteiger partial charge in [0.25, 0.3) is 5.91 Å². The van der Waals surface area contributed by atoms with Crippen molar-refractivity contribution in [1.82, 2.24) is 5.32 Å². The summed E-state index contributed by atoms with van der Waals surface area (Å²) in [6.45, 7) is 6.59. The van der Waals surface area contributed by atoms with E-state index >= 15 is 0 Å². The number of morpholine rings is 1. The van der Waals surface area contributed by atoms with Crippen LogP contribution in [0.5, 0.6) is 0 Å². The predicted molar refractivity (Wildman–Crippen MR) is 116 cm³/mol. The molecule has 2 aromatic rings. The van der Waals surface area contributed by atoms with Crippen molar-refractivity contribution in [3.05, 3.63) is 63.8 Å². The minimum atomic E-state index is -0.297. The number of hydrogen-bond donors (Lipinski definition) is 1. The minimum absolute atomic E-state index is 0.225. The average molecular weight is 412 g/mol. The number of hydrogen-bond acceptors (Lipinski definition) is 5. The summed E-state index contributed by atoms with van der Waals surface area (Å²) in [6.07, 6.45) is 1.69. The van der Waals surface area contributed by atoms with Crippen molar-refractivity contribution in [1.29, 1.82) is 0 Å². The van der Waals surface area contributed by atoms with Gasteiger partial charge in [-0.05, 0) is 66.6 Å². The molecule has 7 heteroatoms. The molecule has 2 aliphatic heterocycles. The van der Waals surface area contributed by atoms with E-state index in [1.807, 2.05) is 43.0 Å². The lowest BCUT2D eigenvalue weighted by atomic mass is 10.1. The third-order valence-electron chi connectivity index (χ3n) is 5.07. The fourth-order valence-electron chi connectivity index (χ4n) is 3.27. The number of benzene rings is 2. The molecule has 0 saturated carbocycles. The molecule has 2 heterocycles. The summed E-state index contributed by atoms with van der Waals surface area (Å²) in [5.41, 5.74) is 4.26. The van der Waals surface area contributed by atoms with Crippen LogP contribution < -0.4 is 10.2 Å². The zero-order valence-electron chi connectivity index (χ0n) is 16.4. The maximum Gasteiger partial charge on any atom is 0.264 e. The lowest BCUT2D eigenvalue weighted by molar-refractivity contribution is -0.115. The van der Waals surface area contributed by atoms with E-state index in [0.717, 1.165) is 16.8 Å². The second-order valence-corrected chi connectivity index (χ2v) is 8.04. The molecule has 0 radical (unpaired) electrons. The number of carbonyl (C=O) groups excluding carboxylic acids is 1. The van der Waals surface area contributed by atoms with Gasteiger partial charge in [-0.1, -0.05) is 18.2 Å². The molecule has 2 fully saturated rings. The maximum absolute atomic E-state index is 14.6. The van der Waals surface area contributed by atoms with E-state index in [2.05, 4.69) is 10.3 Å². The lowest BCUT2D eigenvalue weighted by Crippen LogP contribution is -2.36. The Morgan fingerprint density at radius 1 is 1.21 bits per heavy atom. The highest BCUT2D eigenvalue weighted by Gasteiger charge is 2.24. The van der Waals surface area contributed by atoms with Gasteiger partial charge < -0.3 is 15.0 Å². The molecular weight excluding hydrogens is 389 g/mol. The molecule has 2 saturated heterocycles. The van der Waals surface area contributed by atoms with Gasteiger partial charge in [-0.3, -0.25) is 4.79 Å². The number of amides is 1. The van der Waals surface area contributed by atoms with Crippen LogP contribution in [0.3, 0.4) is 0 Å². The molecule has 2 aromatic carbocycles. The molecule has 0 bridgehead atoms. The number of ether oxygens (including phenoxy) is 1. The molecule has 29 heavy (non-hydrogen) atoms. The number of nitrogens with one attached hydrogen (secondary N) is 1. The number of rotatable bonds is 3. The summed E-state index contributed by atoms with van der Waals surface area (Å²) in [5, 5.41) is 3.32. The quantitative estimate of drug-likeness (QED) is 0.771. The number of nitrogens with zero attached hydrogens (tertiary/aromatic N) is 2. The van der Waals surface area contributed by atoms with Crippen LogP contribution in [0, 0.1) is 19.7 Å². The summed E-state index contributed by atoms with van der Waals surface area (Å²) in [5.74, 6) is -0.523. The van der Waals surface area contributed by atoms with Crippen LogP contribution in [0.25, 0.3) is 6.08 Å². The molecule has 0 unspecified atom stereocenters. The van der Waals surface area contributed by atoms with Gasteiger partial charge in [0.05, 0.1) is 29.5 Å². The van der Waals surface area contributed by atoms with Crippen molar-refractivity contribution in [2.24, 2.45) is 4.99 Å². The maximum atomic E-state index is 14.6. The second-order valence-electron chi connectivity index (χ2n) is 7.01. The Morgan fingerprint density at radius 2 is 2.00 bits per heavy atom. The van der Waals surface area contributed by atoms with E-state index in [4.69, 9.17) is 4.74 Å². The zero-order chi connectivity index (χ0) is 20.4. The van der Waals surface area contributed by atoms with Gasteiger partial charge in [0.2, 0.25) is 0 Å². The number of aliphatic imine (C=N–C) groups is 1. The monoisotopic (exact) mass is 411 g/mol. The molecule has 150 valence electrons. The Labute approximate surface area is 173 Å². The number of halogens is 1. The van der Waals surface area contributed by atoms with Crippen LogP contribution in [0.1, 0.15) is 16.7 Å².